The van der Waals surface area contributed by atoms with Crippen LogP contribution in [0.15, 0.2) is 18.2 Å². The maximum absolute atomic E-state index is 6.41. The Morgan fingerprint density at radius 3 is 2.90 bits per heavy atom. The summed E-state index contributed by atoms with van der Waals surface area (Å²) in [5.74, 6) is 1.37. The maximum Gasteiger partial charge on any atom is 0.125 e. The van der Waals surface area contributed by atoms with E-state index in [-0.39, 0.29) is 6.04 Å². The van der Waals surface area contributed by atoms with Crippen LogP contribution < -0.4 is 10.5 Å². The Hall–Kier alpha value is -0.810. The summed E-state index contributed by atoms with van der Waals surface area (Å²) < 4.78 is 10.8. The molecule has 2 N–H and O–H groups in total. The lowest BCUT2D eigenvalue weighted by atomic mass is 9.95. The Balaban J connectivity index is 2.23. The molecule has 1 fully saturated rings. The molecule has 4 nitrogen and oxygen atoms in total. The van der Waals surface area contributed by atoms with Crippen LogP contribution in [0, 0.1) is 5.92 Å². The number of ether oxygens (including phenoxy) is 2. The van der Waals surface area contributed by atoms with Gasteiger partial charge in [0.05, 0.1) is 19.8 Å². The molecule has 1 aromatic rings. The summed E-state index contributed by atoms with van der Waals surface area (Å²) in [4.78, 5) is 2.41. The van der Waals surface area contributed by atoms with E-state index in [2.05, 4.69) is 4.90 Å². The van der Waals surface area contributed by atoms with Crippen molar-refractivity contribution in [2.45, 2.75) is 18.9 Å². The highest BCUT2D eigenvalue weighted by Gasteiger charge is 2.29. The highest BCUT2D eigenvalue weighted by molar-refractivity contribution is 6.31. The van der Waals surface area contributed by atoms with Crippen molar-refractivity contribution in [2.24, 2.45) is 11.7 Å². The fourth-order valence-electron chi connectivity index (χ4n) is 3.22. The van der Waals surface area contributed by atoms with Crippen molar-refractivity contribution in [2.75, 3.05) is 40.5 Å². The Bertz CT molecular complexity index is 454. The molecule has 1 aromatic carbocycles. The molecule has 0 spiro atoms. The van der Waals surface area contributed by atoms with Crippen LogP contribution in [-0.4, -0.2) is 45.4 Å². The van der Waals surface area contributed by atoms with Gasteiger partial charge < -0.3 is 15.2 Å². The Morgan fingerprint density at radius 1 is 1.43 bits per heavy atom. The number of benzene rings is 1. The zero-order valence-corrected chi connectivity index (χ0v) is 13.6. The fraction of sp³-hybridized carbons (Fsp3) is 0.625. The molecule has 2 atom stereocenters. The number of rotatable bonds is 6. The van der Waals surface area contributed by atoms with E-state index in [1.807, 2.05) is 18.2 Å². The number of nitrogens with two attached hydrogens (primary N) is 1. The van der Waals surface area contributed by atoms with Crippen molar-refractivity contribution in [1.29, 1.82) is 0 Å². The molecule has 0 radical (unpaired) electrons. The number of likely N-dealkylation sites (tertiary alicyclic amines) is 1. The van der Waals surface area contributed by atoms with E-state index in [0.717, 1.165) is 42.5 Å². The van der Waals surface area contributed by atoms with Gasteiger partial charge in [-0.2, -0.15) is 0 Å². The van der Waals surface area contributed by atoms with Crippen LogP contribution >= 0.6 is 11.6 Å². The molecule has 1 aliphatic rings. The van der Waals surface area contributed by atoms with Gasteiger partial charge in [-0.3, -0.25) is 4.90 Å². The van der Waals surface area contributed by atoms with Crippen molar-refractivity contribution in [3.8, 4) is 5.75 Å². The van der Waals surface area contributed by atoms with Crippen LogP contribution in [0.1, 0.15) is 24.4 Å². The van der Waals surface area contributed by atoms with Gasteiger partial charge >= 0.3 is 0 Å². The van der Waals surface area contributed by atoms with Gasteiger partial charge in [0.25, 0.3) is 0 Å². The summed E-state index contributed by atoms with van der Waals surface area (Å²) in [5, 5.41) is 0.721. The Morgan fingerprint density at radius 2 is 2.24 bits per heavy atom. The van der Waals surface area contributed by atoms with Crippen LogP contribution in [0.3, 0.4) is 0 Å². The molecule has 2 rings (SSSR count). The van der Waals surface area contributed by atoms with Crippen molar-refractivity contribution in [3.05, 3.63) is 28.8 Å². The number of methoxy groups -OCH3 is 2. The average Bonchev–Trinajstić information content (AvgIpc) is 2.50. The molecule has 1 saturated heterocycles. The number of hydrogen-bond acceptors (Lipinski definition) is 4. The van der Waals surface area contributed by atoms with Crippen molar-refractivity contribution < 1.29 is 9.47 Å². The summed E-state index contributed by atoms with van der Waals surface area (Å²) in [7, 11) is 3.43. The SMILES string of the molecule is COCC1CCCN(C(CN)c2c(Cl)cccc2OC)C1. The molecule has 0 saturated carbocycles. The Labute approximate surface area is 132 Å². The minimum Gasteiger partial charge on any atom is -0.496 e. The zero-order chi connectivity index (χ0) is 15.2. The fourth-order valence-corrected chi connectivity index (χ4v) is 3.51. The molecule has 1 heterocycles. The largest absolute Gasteiger partial charge is 0.496 e. The Kier molecular flexibility index (Phi) is 6.30. The van der Waals surface area contributed by atoms with Crippen LogP contribution in [0.5, 0.6) is 5.75 Å². The molecule has 0 aromatic heterocycles. The monoisotopic (exact) mass is 312 g/mol. The van der Waals surface area contributed by atoms with Gasteiger partial charge in [0.15, 0.2) is 0 Å². The normalized spacial score (nSPS) is 21.2. The van der Waals surface area contributed by atoms with Crippen LogP contribution in [-0.2, 0) is 4.74 Å². The van der Waals surface area contributed by atoms with Crippen LogP contribution in [0.25, 0.3) is 0 Å². The third-order valence-corrected chi connectivity index (χ3v) is 4.51. The van der Waals surface area contributed by atoms with Gasteiger partial charge in [0, 0.05) is 30.8 Å². The van der Waals surface area contributed by atoms with Gasteiger partial charge in [-0.25, -0.2) is 0 Å². The molecule has 2 unspecified atom stereocenters. The lowest BCUT2D eigenvalue weighted by Gasteiger charge is -2.38. The van der Waals surface area contributed by atoms with E-state index in [1.54, 1.807) is 14.2 Å². The molecule has 118 valence electrons. The summed E-state index contributed by atoms with van der Waals surface area (Å²) >= 11 is 6.41. The minimum absolute atomic E-state index is 0.0910. The van der Waals surface area contributed by atoms with Gasteiger partial charge in [-0.1, -0.05) is 17.7 Å². The minimum atomic E-state index is 0.0910. The second-order valence-electron chi connectivity index (χ2n) is 5.57. The summed E-state index contributed by atoms with van der Waals surface area (Å²) in [6, 6.07) is 5.84. The number of hydrogen-bond donors (Lipinski definition) is 1. The van der Waals surface area contributed by atoms with Crippen molar-refractivity contribution >= 4 is 11.6 Å². The second kappa shape index (κ2) is 7.99. The van der Waals surface area contributed by atoms with E-state index < -0.39 is 0 Å². The lowest BCUT2D eigenvalue weighted by Crippen LogP contribution is -2.42. The summed E-state index contributed by atoms with van der Waals surface area (Å²) in [5.41, 5.74) is 7.06. The predicted molar refractivity (Wildman–Crippen MR) is 86.0 cm³/mol. The van der Waals surface area contributed by atoms with Crippen LogP contribution in [0.4, 0.5) is 0 Å². The third kappa shape index (κ3) is 3.89. The highest BCUT2D eigenvalue weighted by Crippen LogP contribution is 2.36. The average molecular weight is 313 g/mol. The van der Waals surface area contributed by atoms with E-state index in [0.29, 0.717) is 12.5 Å². The number of nitrogens with zero attached hydrogens (tertiary/aromatic N) is 1. The first-order valence-corrected chi connectivity index (χ1v) is 7.84. The van der Waals surface area contributed by atoms with Crippen molar-refractivity contribution in [1.82, 2.24) is 4.90 Å². The smallest absolute Gasteiger partial charge is 0.125 e. The highest BCUT2D eigenvalue weighted by atomic mass is 35.5. The summed E-state index contributed by atoms with van der Waals surface area (Å²) in [6.45, 7) is 3.35. The molecular formula is C16H25ClN2O2. The number of piperidine rings is 1. The molecule has 5 heteroatoms. The predicted octanol–water partition coefficient (Wildman–Crippen LogP) is 2.71. The number of halogens is 1. The van der Waals surface area contributed by atoms with E-state index in [9.17, 15) is 0 Å². The van der Waals surface area contributed by atoms with E-state index >= 15 is 0 Å². The molecule has 21 heavy (non-hydrogen) atoms. The van der Waals surface area contributed by atoms with Gasteiger partial charge in [-0.05, 0) is 37.4 Å². The van der Waals surface area contributed by atoms with Crippen LogP contribution in [0.2, 0.25) is 5.02 Å². The lowest BCUT2D eigenvalue weighted by molar-refractivity contribution is 0.0691. The van der Waals surface area contributed by atoms with Gasteiger partial charge in [0.1, 0.15) is 5.75 Å². The second-order valence-corrected chi connectivity index (χ2v) is 5.97. The molecule has 0 amide bonds. The molecule has 1 aliphatic heterocycles. The van der Waals surface area contributed by atoms with E-state index in [1.165, 1.54) is 6.42 Å². The molecule has 0 bridgehead atoms. The first kappa shape index (κ1) is 16.6. The van der Waals surface area contributed by atoms with Gasteiger partial charge in [-0.15, -0.1) is 0 Å². The third-order valence-electron chi connectivity index (χ3n) is 4.18. The van der Waals surface area contributed by atoms with Gasteiger partial charge in [0.2, 0.25) is 0 Å². The first-order valence-electron chi connectivity index (χ1n) is 7.46. The zero-order valence-electron chi connectivity index (χ0n) is 12.8. The first-order chi connectivity index (χ1) is 10.2. The maximum atomic E-state index is 6.41. The van der Waals surface area contributed by atoms with E-state index in [4.69, 9.17) is 26.8 Å². The molecule has 0 aliphatic carbocycles. The topological polar surface area (TPSA) is 47.7 Å². The standard InChI is InChI=1S/C16H25ClN2O2/c1-20-11-12-5-4-8-19(10-12)14(9-18)16-13(17)6-3-7-15(16)21-2/h3,6-7,12,14H,4-5,8-11,18H2,1-2H3. The summed E-state index contributed by atoms with van der Waals surface area (Å²) in [6.07, 6.45) is 2.37. The van der Waals surface area contributed by atoms with Crippen molar-refractivity contribution in [3.63, 3.8) is 0 Å². The quantitative estimate of drug-likeness (QED) is 0.877. The molecular weight excluding hydrogens is 288 g/mol.